The van der Waals surface area contributed by atoms with Crippen LogP contribution in [0.4, 0.5) is 4.39 Å². The first-order valence-electron chi connectivity index (χ1n) is 10.7. The fourth-order valence-corrected chi connectivity index (χ4v) is 3.69. The summed E-state index contributed by atoms with van der Waals surface area (Å²) in [7, 11) is 0. The van der Waals surface area contributed by atoms with Crippen molar-refractivity contribution in [2.75, 3.05) is 39.4 Å². The molecule has 0 bridgehead atoms. The van der Waals surface area contributed by atoms with Crippen molar-refractivity contribution < 1.29 is 18.7 Å². The fraction of sp³-hybridized carbons (Fsp3) is 0.417. The van der Waals surface area contributed by atoms with E-state index < -0.39 is 6.04 Å². The Balaban J connectivity index is 1.71. The third-order valence-electron chi connectivity index (χ3n) is 5.45. The Morgan fingerprint density at radius 3 is 2.39 bits per heavy atom. The smallest absolute Gasteiger partial charge is 0.243 e. The fourth-order valence-electron chi connectivity index (χ4n) is 3.69. The second kappa shape index (κ2) is 11.6. The van der Waals surface area contributed by atoms with Gasteiger partial charge in [-0.05, 0) is 23.3 Å². The van der Waals surface area contributed by atoms with E-state index in [1.54, 1.807) is 17.0 Å². The zero-order valence-electron chi connectivity index (χ0n) is 17.9. The van der Waals surface area contributed by atoms with Crippen molar-refractivity contribution in [2.24, 2.45) is 0 Å². The van der Waals surface area contributed by atoms with E-state index in [4.69, 9.17) is 4.74 Å². The standard InChI is InChI=1S/C24H30FN3O3/c1-19(29)28(18-21-7-9-22(25)10-8-21)23(17-20-5-3-2-4-6-20)24(30)26-11-12-27-13-15-31-16-14-27/h2-10,23H,11-18H2,1H3,(H,26,30)/t23-/m0/s1. The van der Waals surface area contributed by atoms with Gasteiger partial charge in [0.25, 0.3) is 0 Å². The van der Waals surface area contributed by atoms with E-state index in [0.717, 1.165) is 30.8 Å². The van der Waals surface area contributed by atoms with Crippen LogP contribution >= 0.6 is 0 Å². The summed E-state index contributed by atoms with van der Waals surface area (Å²) in [5, 5.41) is 3.01. The predicted octanol–water partition coefficient (Wildman–Crippen LogP) is 2.23. The van der Waals surface area contributed by atoms with Gasteiger partial charge in [-0.2, -0.15) is 0 Å². The van der Waals surface area contributed by atoms with Gasteiger partial charge >= 0.3 is 0 Å². The molecule has 2 aromatic carbocycles. The highest BCUT2D eigenvalue weighted by Gasteiger charge is 2.28. The van der Waals surface area contributed by atoms with Crippen LogP contribution in [-0.2, 0) is 27.3 Å². The summed E-state index contributed by atoms with van der Waals surface area (Å²) in [5.74, 6) is -0.720. The summed E-state index contributed by atoms with van der Waals surface area (Å²) >= 11 is 0. The quantitative estimate of drug-likeness (QED) is 0.667. The molecule has 0 saturated carbocycles. The van der Waals surface area contributed by atoms with Crippen molar-refractivity contribution in [2.45, 2.75) is 25.9 Å². The van der Waals surface area contributed by atoms with E-state index in [1.807, 2.05) is 30.3 Å². The van der Waals surface area contributed by atoms with Crippen LogP contribution in [0, 0.1) is 5.82 Å². The third-order valence-corrected chi connectivity index (χ3v) is 5.45. The molecule has 166 valence electrons. The van der Waals surface area contributed by atoms with Gasteiger partial charge in [0.15, 0.2) is 0 Å². The zero-order valence-corrected chi connectivity index (χ0v) is 17.9. The van der Waals surface area contributed by atoms with Crippen molar-refractivity contribution >= 4 is 11.8 Å². The Bertz CT molecular complexity index is 839. The van der Waals surface area contributed by atoms with Gasteiger partial charge in [-0.25, -0.2) is 4.39 Å². The summed E-state index contributed by atoms with van der Waals surface area (Å²) in [6.45, 7) is 6.08. The van der Waals surface area contributed by atoms with Gasteiger partial charge in [0, 0.05) is 46.1 Å². The Morgan fingerprint density at radius 1 is 1.06 bits per heavy atom. The molecule has 1 saturated heterocycles. The Labute approximate surface area is 183 Å². The molecule has 6 nitrogen and oxygen atoms in total. The number of rotatable bonds is 9. The average Bonchev–Trinajstić information content (AvgIpc) is 2.78. The first kappa shape index (κ1) is 22.9. The minimum Gasteiger partial charge on any atom is -0.379 e. The average molecular weight is 428 g/mol. The number of morpholine rings is 1. The second-order valence-corrected chi connectivity index (χ2v) is 7.72. The number of carbonyl (C=O) groups is 2. The Hall–Kier alpha value is -2.77. The van der Waals surface area contributed by atoms with Gasteiger partial charge < -0.3 is 15.0 Å². The van der Waals surface area contributed by atoms with Gasteiger partial charge in [-0.3, -0.25) is 14.5 Å². The molecule has 7 heteroatoms. The number of nitrogens with zero attached hydrogens (tertiary/aromatic N) is 2. The monoisotopic (exact) mass is 427 g/mol. The van der Waals surface area contributed by atoms with E-state index in [1.165, 1.54) is 19.1 Å². The van der Waals surface area contributed by atoms with Gasteiger partial charge in [-0.1, -0.05) is 42.5 Å². The van der Waals surface area contributed by atoms with E-state index >= 15 is 0 Å². The Kier molecular flexibility index (Phi) is 8.55. The number of benzene rings is 2. The first-order valence-corrected chi connectivity index (χ1v) is 10.7. The molecule has 1 N–H and O–H groups in total. The van der Waals surface area contributed by atoms with E-state index in [-0.39, 0.29) is 24.2 Å². The molecule has 0 unspecified atom stereocenters. The molecular formula is C24H30FN3O3. The van der Waals surface area contributed by atoms with Crippen molar-refractivity contribution in [1.82, 2.24) is 15.1 Å². The molecule has 1 atom stereocenters. The van der Waals surface area contributed by atoms with Gasteiger partial charge in [0.1, 0.15) is 11.9 Å². The minimum atomic E-state index is -0.658. The number of hydrogen-bond donors (Lipinski definition) is 1. The van der Waals surface area contributed by atoms with E-state index in [0.29, 0.717) is 26.2 Å². The number of amides is 2. The molecule has 1 aliphatic rings. The maximum atomic E-state index is 13.3. The van der Waals surface area contributed by atoms with Crippen LogP contribution in [0.3, 0.4) is 0 Å². The molecule has 0 spiro atoms. The maximum absolute atomic E-state index is 13.3. The lowest BCUT2D eigenvalue weighted by molar-refractivity contribution is -0.139. The van der Waals surface area contributed by atoms with Gasteiger partial charge in [0.05, 0.1) is 13.2 Å². The summed E-state index contributed by atoms with van der Waals surface area (Å²) < 4.78 is 18.7. The summed E-state index contributed by atoms with van der Waals surface area (Å²) in [6.07, 6.45) is 0.408. The number of nitrogens with one attached hydrogen (secondary N) is 1. The van der Waals surface area contributed by atoms with Crippen LogP contribution < -0.4 is 5.32 Å². The Morgan fingerprint density at radius 2 is 1.74 bits per heavy atom. The molecule has 0 aromatic heterocycles. The highest BCUT2D eigenvalue weighted by Crippen LogP contribution is 2.15. The van der Waals surface area contributed by atoms with Crippen LogP contribution in [0.5, 0.6) is 0 Å². The third kappa shape index (κ3) is 7.15. The predicted molar refractivity (Wildman–Crippen MR) is 117 cm³/mol. The summed E-state index contributed by atoms with van der Waals surface area (Å²) in [4.78, 5) is 29.5. The highest BCUT2D eigenvalue weighted by molar-refractivity contribution is 5.87. The zero-order chi connectivity index (χ0) is 22.1. The highest BCUT2D eigenvalue weighted by atomic mass is 19.1. The van der Waals surface area contributed by atoms with Gasteiger partial charge in [-0.15, -0.1) is 0 Å². The molecule has 2 aromatic rings. The molecule has 3 rings (SSSR count). The largest absolute Gasteiger partial charge is 0.379 e. The van der Waals surface area contributed by atoms with Crippen LogP contribution in [0.1, 0.15) is 18.1 Å². The number of carbonyl (C=O) groups excluding carboxylic acids is 2. The van der Waals surface area contributed by atoms with Crippen molar-refractivity contribution in [3.63, 3.8) is 0 Å². The van der Waals surface area contributed by atoms with Crippen molar-refractivity contribution in [3.8, 4) is 0 Å². The van der Waals surface area contributed by atoms with Crippen molar-refractivity contribution in [3.05, 3.63) is 71.5 Å². The van der Waals surface area contributed by atoms with Crippen LogP contribution in [0.25, 0.3) is 0 Å². The van der Waals surface area contributed by atoms with Gasteiger partial charge in [0.2, 0.25) is 11.8 Å². The summed E-state index contributed by atoms with van der Waals surface area (Å²) in [5.41, 5.74) is 1.75. The SMILES string of the molecule is CC(=O)N(Cc1ccc(F)cc1)[C@@H](Cc1ccccc1)C(=O)NCCN1CCOCC1. The van der Waals surface area contributed by atoms with Crippen LogP contribution in [0.2, 0.25) is 0 Å². The lowest BCUT2D eigenvalue weighted by atomic mass is 10.0. The molecule has 1 fully saturated rings. The van der Waals surface area contributed by atoms with Crippen LogP contribution in [0.15, 0.2) is 54.6 Å². The maximum Gasteiger partial charge on any atom is 0.243 e. The summed E-state index contributed by atoms with van der Waals surface area (Å²) in [6, 6.07) is 15.0. The van der Waals surface area contributed by atoms with Crippen LogP contribution in [-0.4, -0.2) is 67.0 Å². The molecule has 2 amide bonds. The number of hydrogen-bond acceptors (Lipinski definition) is 4. The topological polar surface area (TPSA) is 61.9 Å². The number of halogens is 1. The second-order valence-electron chi connectivity index (χ2n) is 7.72. The number of ether oxygens (including phenoxy) is 1. The lowest BCUT2D eigenvalue weighted by Gasteiger charge is -2.31. The van der Waals surface area contributed by atoms with E-state index in [2.05, 4.69) is 10.2 Å². The minimum absolute atomic E-state index is 0.186. The van der Waals surface area contributed by atoms with E-state index in [9.17, 15) is 14.0 Å². The van der Waals surface area contributed by atoms with Crippen molar-refractivity contribution in [1.29, 1.82) is 0 Å². The lowest BCUT2D eigenvalue weighted by Crippen LogP contribution is -2.51. The first-order chi connectivity index (χ1) is 15.0. The molecule has 1 aliphatic heterocycles. The molecule has 0 radical (unpaired) electrons. The molecular weight excluding hydrogens is 397 g/mol. The molecule has 0 aliphatic carbocycles. The molecule has 1 heterocycles. The normalized spacial score (nSPS) is 15.3. The molecule has 31 heavy (non-hydrogen) atoms.